The normalized spacial score (nSPS) is 21.9. The fourth-order valence-electron chi connectivity index (χ4n) is 1.70. The lowest BCUT2D eigenvalue weighted by molar-refractivity contribution is -0.139. The van der Waals surface area contributed by atoms with E-state index in [0.717, 1.165) is 12.8 Å². The van der Waals surface area contributed by atoms with Crippen LogP contribution in [-0.4, -0.2) is 41.0 Å². The first-order chi connectivity index (χ1) is 6.15. The largest absolute Gasteiger partial charge is 0.481 e. The van der Waals surface area contributed by atoms with Gasteiger partial charge in [0.2, 0.25) is 5.91 Å². The Bertz CT molecular complexity index is 217. The van der Waals surface area contributed by atoms with Gasteiger partial charge in [-0.1, -0.05) is 0 Å². The third-order valence-electron chi connectivity index (χ3n) is 2.28. The van der Waals surface area contributed by atoms with E-state index in [1.54, 1.807) is 4.90 Å². The monoisotopic (exact) mass is 186 g/mol. The topological polar surface area (TPSA) is 83.6 Å². The highest BCUT2D eigenvalue weighted by molar-refractivity contribution is 5.79. The molecule has 1 amide bonds. The molecule has 0 radical (unpaired) electrons. The molecular weight excluding hydrogens is 172 g/mol. The molecule has 1 fully saturated rings. The van der Waals surface area contributed by atoms with E-state index in [4.69, 9.17) is 10.8 Å². The molecule has 5 heteroatoms. The van der Waals surface area contributed by atoms with Gasteiger partial charge < -0.3 is 15.7 Å². The van der Waals surface area contributed by atoms with E-state index < -0.39 is 5.97 Å². The van der Waals surface area contributed by atoms with Crippen molar-refractivity contribution in [2.24, 2.45) is 5.73 Å². The van der Waals surface area contributed by atoms with Crippen LogP contribution in [0.5, 0.6) is 0 Å². The van der Waals surface area contributed by atoms with E-state index >= 15 is 0 Å². The molecule has 0 aromatic carbocycles. The standard InChI is InChI=1S/C8H14N2O3/c9-5-7(11)10-3-1-2-6(10)4-8(12)13/h6H,1-5,9H2,(H,12,13)/t6-/m0/s1. The fraction of sp³-hybridized carbons (Fsp3) is 0.750. The van der Waals surface area contributed by atoms with Crippen molar-refractivity contribution in [2.45, 2.75) is 25.3 Å². The van der Waals surface area contributed by atoms with Crippen LogP contribution in [0.2, 0.25) is 0 Å². The predicted molar refractivity (Wildman–Crippen MR) is 46.0 cm³/mol. The van der Waals surface area contributed by atoms with Crippen molar-refractivity contribution in [3.05, 3.63) is 0 Å². The van der Waals surface area contributed by atoms with Gasteiger partial charge in [-0.15, -0.1) is 0 Å². The van der Waals surface area contributed by atoms with E-state index in [0.29, 0.717) is 6.54 Å². The molecule has 13 heavy (non-hydrogen) atoms. The van der Waals surface area contributed by atoms with Crippen LogP contribution in [0.1, 0.15) is 19.3 Å². The molecule has 0 aromatic heterocycles. The van der Waals surface area contributed by atoms with Gasteiger partial charge in [0.15, 0.2) is 0 Å². The van der Waals surface area contributed by atoms with Crippen LogP contribution in [-0.2, 0) is 9.59 Å². The molecule has 1 aliphatic heterocycles. The second-order valence-corrected chi connectivity index (χ2v) is 3.19. The molecule has 0 spiro atoms. The summed E-state index contributed by atoms with van der Waals surface area (Å²) in [5.41, 5.74) is 5.21. The van der Waals surface area contributed by atoms with Crippen LogP contribution >= 0.6 is 0 Å². The van der Waals surface area contributed by atoms with Crippen molar-refractivity contribution in [1.82, 2.24) is 4.90 Å². The minimum Gasteiger partial charge on any atom is -0.481 e. The molecule has 0 saturated carbocycles. The van der Waals surface area contributed by atoms with Gasteiger partial charge in [0.05, 0.1) is 13.0 Å². The molecule has 3 N–H and O–H groups in total. The van der Waals surface area contributed by atoms with Gasteiger partial charge in [-0.2, -0.15) is 0 Å². The van der Waals surface area contributed by atoms with Crippen molar-refractivity contribution >= 4 is 11.9 Å². The summed E-state index contributed by atoms with van der Waals surface area (Å²) in [4.78, 5) is 23.2. The van der Waals surface area contributed by atoms with Crippen LogP contribution in [0, 0.1) is 0 Å². The highest BCUT2D eigenvalue weighted by Crippen LogP contribution is 2.19. The number of likely N-dealkylation sites (tertiary alicyclic amines) is 1. The zero-order valence-corrected chi connectivity index (χ0v) is 7.40. The van der Waals surface area contributed by atoms with Crippen molar-refractivity contribution in [3.8, 4) is 0 Å². The lowest BCUT2D eigenvalue weighted by Gasteiger charge is -2.22. The summed E-state index contributed by atoms with van der Waals surface area (Å²) in [5.74, 6) is -1.01. The Morgan fingerprint density at radius 1 is 1.54 bits per heavy atom. The number of nitrogens with two attached hydrogens (primary N) is 1. The summed E-state index contributed by atoms with van der Waals surface area (Å²) in [6.07, 6.45) is 1.69. The van der Waals surface area contributed by atoms with Crippen LogP contribution in [0.4, 0.5) is 0 Å². The van der Waals surface area contributed by atoms with Crippen LogP contribution in [0.15, 0.2) is 0 Å². The van der Waals surface area contributed by atoms with Gasteiger partial charge >= 0.3 is 5.97 Å². The lowest BCUT2D eigenvalue weighted by atomic mass is 10.1. The molecule has 0 unspecified atom stereocenters. The quantitative estimate of drug-likeness (QED) is 0.617. The number of hydrogen-bond acceptors (Lipinski definition) is 3. The SMILES string of the molecule is NCC(=O)N1CCC[C@H]1CC(=O)O. The van der Waals surface area contributed by atoms with Gasteiger partial charge in [-0.25, -0.2) is 0 Å². The maximum Gasteiger partial charge on any atom is 0.305 e. The minimum atomic E-state index is -0.860. The third-order valence-corrected chi connectivity index (χ3v) is 2.28. The number of carboxylic acids is 1. The summed E-state index contributed by atoms with van der Waals surface area (Å²) in [5, 5.41) is 8.58. The van der Waals surface area contributed by atoms with Gasteiger partial charge in [0.1, 0.15) is 0 Å². The van der Waals surface area contributed by atoms with Gasteiger partial charge in [0, 0.05) is 12.6 Å². The highest BCUT2D eigenvalue weighted by atomic mass is 16.4. The average molecular weight is 186 g/mol. The third kappa shape index (κ3) is 2.42. The number of carbonyl (C=O) groups is 2. The first-order valence-electron chi connectivity index (χ1n) is 4.36. The molecule has 74 valence electrons. The van der Waals surface area contributed by atoms with E-state index in [9.17, 15) is 9.59 Å². The first kappa shape index (κ1) is 9.98. The second kappa shape index (κ2) is 4.23. The van der Waals surface area contributed by atoms with E-state index in [1.807, 2.05) is 0 Å². The lowest BCUT2D eigenvalue weighted by Crippen LogP contribution is -2.40. The summed E-state index contributed by atoms with van der Waals surface area (Å²) in [6.45, 7) is 0.615. The first-order valence-corrected chi connectivity index (χ1v) is 4.36. The minimum absolute atomic E-state index is 0.0316. The fourth-order valence-corrected chi connectivity index (χ4v) is 1.70. The Morgan fingerprint density at radius 2 is 2.23 bits per heavy atom. The van der Waals surface area contributed by atoms with Crippen molar-refractivity contribution < 1.29 is 14.7 Å². The summed E-state index contributed by atoms with van der Waals surface area (Å²) < 4.78 is 0. The number of rotatable bonds is 3. The summed E-state index contributed by atoms with van der Waals surface area (Å²) >= 11 is 0. The number of aliphatic carboxylic acids is 1. The molecule has 0 aromatic rings. The van der Waals surface area contributed by atoms with Gasteiger partial charge in [0.25, 0.3) is 0 Å². The number of nitrogens with zero attached hydrogens (tertiary/aromatic N) is 1. The average Bonchev–Trinajstić information content (AvgIpc) is 2.50. The van der Waals surface area contributed by atoms with Gasteiger partial charge in [-0.3, -0.25) is 9.59 Å². The molecule has 1 atom stereocenters. The summed E-state index contributed by atoms with van der Waals surface area (Å²) in [6, 6.07) is -0.145. The molecule has 5 nitrogen and oxygen atoms in total. The maximum atomic E-state index is 11.2. The molecule has 1 saturated heterocycles. The molecular formula is C8H14N2O3. The van der Waals surface area contributed by atoms with Crippen molar-refractivity contribution in [1.29, 1.82) is 0 Å². The molecule has 1 rings (SSSR count). The van der Waals surface area contributed by atoms with Crippen molar-refractivity contribution in [3.63, 3.8) is 0 Å². The Morgan fingerprint density at radius 3 is 2.77 bits per heavy atom. The van der Waals surface area contributed by atoms with Crippen LogP contribution in [0.25, 0.3) is 0 Å². The molecule has 0 aliphatic carbocycles. The molecule has 1 heterocycles. The Labute approximate surface area is 76.5 Å². The highest BCUT2D eigenvalue weighted by Gasteiger charge is 2.29. The van der Waals surface area contributed by atoms with Crippen LogP contribution < -0.4 is 5.73 Å². The van der Waals surface area contributed by atoms with E-state index in [2.05, 4.69) is 0 Å². The maximum absolute atomic E-state index is 11.2. The van der Waals surface area contributed by atoms with E-state index in [-0.39, 0.29) is 24.9 Å². The number of carbonyl (C=O) groups excluding carboxylic acids is 1. The van der Waals surface area contributed by atoms with Crippen LogP contribution in [0.3, 0.4) is 0 Å². The smallest absolute Gasteiger partial charge is 0.305 e. The summed E-state index contributed by atoms with van der Waals surface area (Å²) in [7, 11) is 0. The van der Waals surface area contributed by atoms with Gasteiger partial charge in [-0.05, 0) is 12.8 Å². The second-order valence-electron chi connectivity index (χ2n) is 3.19. The zero-order chi connectivity index (χ0) is 9.84. The number of carboxylic acid groups (broad SMARTS) is 1. The molecule has 0 bridgehead atoms. The molecule has 1 aliphatic rings. The Balaban J connectivity index is 2.53. The Kier molecular flexibility index (Phi) is 3.25. The van der Waals surface area contributed by atoms with E-state index in [1.165, 1.54) is 0 Å². The number of hydrogen-bond donors (Lipinski definition) is 2. The van der Waals surface area contributed by atoms with Crippen molar-refractivity contribution in [2.75, 3.05) is 13.1 Å². The number of amides is 1. The Hall–Kier alpha value is -1.10. The predicted octanol–water partition coefficient (Wildman–Crippen LogP) is -0.589. The zero-order valence-electron chi connectivity index (χ0n) is 7.40.